The number of H-pyrrole nitrogens is 2. The first-order valence-electron chi connectivity index (χ1n) is 15.1. The molecule has 0 aliphatic carbocycles. The van der Waals surface area contributed by atoms with E-state index < -0.39 is 35.7 Å². The van der Waals surface area contributed by atoms with E-state index in [9.17, 15) is 28.3 Å². The van der Waals surface area contributed by atoms with Gasteiger partial charge in [0.15, 0.2) is 17.4 Å². The second kappa shape index (κ2) is 13.3. The van der Waals surface area contributed by atoms with Crippen molar-refractivity contribution in [3.8, 4) is 17.1 Å². The molecule has 1 saturated heterocycles. The van der Waals surface area contributed by atoms with Crippen molar-refractivity contribution in [2.45, 2.75) is 44.2 Å². The maximum atomic E-state index is 14.1. The highest BCUT2D eigenvalue weighted by Crippen LogP contribution is 2.33. The number of aliphatic hydroxyl groups excluding tert-OH is 2. The van der Waals surface area contributed by atoms with E-state index in [4.69, 9.17) is 21.4 Å². The zero-order valence-corrected chi connectivity index (χ0v) is 25.4. The molecular weight excluding hydrogens is 624 g/mol. The number of aryl methyl sites for hydroxylation is 1. The third kappa shape index (κ3) is 6.15. The summed E-state index contributed by atoms with van der Waals surface area (Å²) in [5.41, 5.74) is 1.72. The van der Waals surface area contributed by atoms with Crippen LogP contribution in [-0.2, 0) is 6.42 Å². The number of nitrogens with one attached hydrogen (secondary N) is 2. The molecule has 2 aliphatic heterocycles. The largest absolute Gasteiger partial charge is 0.485 e. The number of aromatic nitrogens is 3. The van der Waals surface area contributed by atoms with Crippen LogP contribution in [0.3, 0.4) is 0 Å². The number of benzene rings is 2. The molecule has 0 radical (unpaired) electrons. The van der Waals surface area contributed by atoms with Crippen molar-refractivity contribution in [2.24, 2.45) is 0 Å². The summed E-state index contributed by atoms with van der Waals surface area (Å²) in [4.78, 5) is 53.7. The number of ether oxygens (including phenoxy) is 1. The highest BCUT2D eigenvalue weighted by Gasteiger charge is 2.41. The number of carbonyl (C=O) groups is 2. The Bertz CT molecular complexity index is 1800. The number of pyridine rings is 1. The van der Waals surface area contributed by atoms with Gasteiger partial charge in [0.1, 0.15) is 12.4 Å². The van der Waals surface area contributed by atoms with Crippen molar-refractivity contribution in [3.05, 3.63) is 80.2 Å². The number of likely N-dealkylation sites (tertiary alicyclic amines) is 1. The van der Waals surface area contributed by atoms with Gasteiger partial charge < -0.3 is 29.8 Å². The predicted octanol–water partition coefficient (Wildman–Crippen LogP) is 3.67. The molecule has 46 heavy (non-hydrogen) atoms. The van der Waals surface area contributed by atoms with Crippen LogP contribution < -0.4 is 10.3 Å². The molecule has 1 atom stereocenters. The van der Waals surface area contributed by atoms with Crippen LogP contribution in [0.25, 0.3) is 22.4 Å². The first kappa shape index (κ1) is 31.8. The van der Waals surface area contributed by atoms with Crippen molar-refractivity contribution < 1.29 is 33.3 Å². The topological polar surface area (TPSA) is 152 Å². The lowest BCUT2D eigenvalue weighted by Gasteiger charge is -2.35. The molecule has 2 aliphatic rings. The number of nitrogens with zero attached hydrogens (tertiary/aromatic N) is 3. The summed E-state index contributed by atoms with van der Waals surface area (Å²) in [6, 6.07) is 6.62. The fourth-order valence-corrected chi connectivity index (χ4v) is 6.27. The minimum atomic E-state index is -1.13. The van der Waals surface area contributed by atoms with Gasteiger partial charge in [0, 0.05) is 38.5 Å². The highest BCUT2D eigenvalue weighted by atomic mass is 35.5. The van der Waals surface area contributed by atoms with Gasteiger partial charge in [-0.25, -0.2) is 13.8 Å². The summed E-state index contributed by atoms with van der Waals surface area (Å²) in [6.45, 7) is 1.96. The van der Waals surface area contributed by atoms with Crippen LogP contribution in [-0.4, -0.2) is 91.8 Å². The molecule has 2 aromatic heterocycles. The number of imidazole rings is 1. The number of halogens is 3. The van der Waals surface area contributed by atoms with Gasteiger partial charge in [0.2, 0.25) is 0 Å². The van der Waals surface area contributed by atoms with Gasteiger partial charge in [-0.1, -0.05) is 11.6 Å². The van der Waals surface area contributed by atoms with E-state index in [1.807, 2.05) is 0 Å². The van der Waals surface area contributed by atoms with E-state index in [0.29, 0.717) is 35.9 Å². The minimum absolute atomic E-state index is 0.0913. The van der Waals surface area contributed by atoms with Crippen LogP contribution in [0, 0.1) is 11.6 Å². The first-order valence-corrected chi connectivity index (χ1v) is 15.4. The van der Waals surface area contributed by atoms with E-state index >= 15 is 0 Å². The Labute approximate surface area is 266 Å². The summed E-state index contributed by atoms with van der Waals surface area (Å²) >= 11 is 5.69. The molecule has 0 unspecified atom stereocenters. The molecule has 1 fully saturated rings. The third-order valence-corrected chi connectivity index (χ3v) is 8.82. The normalized spacial score (nSPS) is 16.4. The number of amides is 2. The number of hydrogen-bond acceptors (Lipinski definition) is 8. The number of fused-ring (bicyclic) bond motifs is 2. The fraction of sp³-hybridized carbons (Fsp3) is 0.375. The van der Waals surface area contributed by atoms with Gasteiger partial charge in [-0.05, 0) is 68.0 Å². The van der Waals surface area contributed by atoms with Crippen LogP contribution in [0.5, 0.6) is 5.75 Å². The molecule has 0 saturated carbocycles. The van der Waals surface area contributed by atoms with Crippen molar-refractivity contribution in [2.75, 3.05) is 32.8 Å². The lowest BCUT2D eigenvalue weighted by molar-refractivity contribution is 0.0499. The average molecular weight is 656 g/mol. The molecule has 11 nitrogen and oxygen atoms in total. The van der Waals surface area contributed by atoms with Crippen LogP contribution in [0.15, 0.2) is 41.3 Å². The Morgan fingerprint density at radius 1 is 1.09 bits per heavy atom. The summed E-state index contributed by atoms with van der Waals surface area (Å²) in [5, 5.41) is 19.3. The zero-order valence-electron chi connectivity index (χ0n) is 24.7. The molecule has 0 spiro atoms. The van der Waals surface area contributed by atoms with Crippen LogP contribution >= 0.6 is 11.6 Å². The Morgan fingerprint density at radius 2 is 1.83 bits per heavy atom. The number of piperidine rings is 1. The highest BCUT2D eigenvalue weighted by molar-refractivity contribution is 6.30. The number of rotatable bonds is 11. The van der Waals surface area contributed by atoms with Gasteiger partial charge in [-0.2, -0.15) is 0 Å². The fourth-order valence-electron chi connectivity index (χ4n) is 6.12. The standard InChI is InChI=1S/C32H32ClF2N5O6/c33-22-4-5-23(34)28(27(22)35)46-16-19(42)3-2-17-6-9-36-30(43)26(17)29-37-24-14-20-21(15-25(24)38-29)32(45)40(31(20)44)18-7-11-39(12-8-18)10-1-13-41/h4-6,9,14-15,18-19,41-42H,1-3,7-8,10-13,16H2,(H,36,43)(H,37,38)/t19-/m1/s1. The van der Waals surface area contributed by atoms with Gasteiger partial charge in [0.05, 0.1) is 38.9 Å². The molecule has 4 heterocycles. The van der Waals surface area contributed by atoms with Crippen LogP contribution in [0.4, 0.5) is 8.78 Å². The smallest absolute Gasteiger partial charge is 0.261 e. The second-order valence-corrected chi connectivity index (χ2v) is 11.9. The third-order valence-electron chi connectivity index (χ3n) is 8.53. The first-order chi connectivity index (χ1) is 22.2. The molecule has 4 N–H and O–H groups in total. The summed E-state index contributed by atoms with van der Waals surface area (Å²) in [6.07, 6.45) is 2.62. The monoisotopic (exact) mass is 655 g/mol. The van der Waals surface area contributed by atoms with E-state index in [1.165, 1.54) is 11.1 Å². The second-order valence-electron chi connectivity index (χ2n) is 11.5. The SMILES string of the molecule is O=C1c2cc3nc(-c4c(CC[C@@H](O)COc5c(F)ccc(Cl)c5F)cc[nH]c4=O)[nH]c3cc2C(=O)N1C1CCN(CCCO)CC1. The number of aromatic amines is 2. The molecule has 2 amide bonds. The van der Waals surface area contributed by atoms with Crippen molar-refractivity contribution in [3.63, 3.8) is 0 Å². The van der Waals surface area contributed by atoms with Crippen molar-refractivity contribution in [1.82, 2.24) is 24.8 Å². The number of aliphatic hydroxyl groups is 2. The van der Waals surface area contributed by atoms with Gasteiger partial charge in [0.25, 0.3) is 17.4 Å². The van der Waals surface area contributed by atoms with Gasteiger partial charge in [-0.15, -0.1) is 0 Å². The zero-order chi connectivity index (χ0) is 32.5. The Kier molecular flexibility index (Phi) is 9.18. The number of carbonyl (C=O) groups excluding carboxylic acids is 2. The molecular formula is C32H32ClF2N5O6. The minimum Gasteiger partial charge on any atom is -0.485 e. The van der Waals surface area contributed by atoms with Gasteiger partial charge >= 0.3 is 0 Å². The summed E-state index contributed by atoms with van der Waals surface area (Å²) in [5.74, 6) is -3.21. The molecule has 6 rings (SSSR count). The molecule has 4 aromatic rings. The van der Waals surface area contributed by atoms with Crippen molar-refractivity contribution >= 4 is 34.4 Å². The maximum Gasteiger partial charge on any atom is 0.261 e. The number of imide groups is 1. The average Bonchev–Trinajstić information content (AvgIpc) is 3.57. The van der Waals surface area contributed by atoms with Crippen LogP contribution in [0.2, 0.25) is 5.02 Å². The summed E-state index contributed by atoms with van der Waals surface area (Å²) in [7, 11) is 0. The van der Waals surface area contributed by atoms with Gasteiger partial charge in [-0.3, -0.25) is 19.3 Å². The van der Waals surface area contributed by atoms with E-state index in [0.717, 1.165) is 31.8 Å². The van der Waals surface area contributed by atoms with E-state index in [1.54, 1.807) is 18.2 Å². The molecule has 242 valence electrons. The number of hydrogen-bond donors (Lipinski definition) is 4. The van der Waals surface area contributed by atoms with E-state index in [2.05, 4.69) is 19.9 Å². The Hall–Kier alpha value is -4.17. The Morgan fingerprint density at radius 3 is 2.57 bits per heavy atom. The summed E-state index contributed by atoms with van der Waals surface area (Å²) < 4.78 is 33.3. The molecule has 2 aromatic carbocycles. The lowest BCUT2D eigenvalue weighted by Crippen LogP contribution is -2.47. The molecule has 14 heteroatoms. The van der Waals surface area contributed by atoms with Crippen molar-refractivity contribution in [1.29, 1.82) is 0 Å². The van der Waals surface area contributed by atoms with Crippen LogP contribution in [0.1, 0.15) is 52.0 Å². The quantitative estimate of drug-likeness (QED) is 0.141. The van der Waals surface area contributed by atoms with E-state index in [-0.39, 0.29) is 64.8 Å². The lowest BCUT2D eigenvalue weighted by atomic mass is 10.0. The molecule has 0 bridgehead atoms. The Balaban J connectivity index is 1.17. The maximum absolute atomic E-state index is 14.1. The predicted molar refractivity (Wildman–Crippen MR) is 165 cm³/mol.